The van der Waals surface area contributed by atoms with Crippen molar-refractivity contribution < 1.29 is 18.0 Å². The van der Waals surface area contributed by atoms with E-state index in [1.54, 1.807) is 17.9 Å². The highest BCUT2D eigenvalue weighted by Crippen LogP contribution is 2.33. The van der Waals surface area contributed by atoms with Crippen molar-refractivity contribution >= 4 is 5.91 Å². The van der Waals surface area contributed by atoms with Gasteiger partial charge in [0.25, 0.3) is 0 Å². The van der Waals surface area contributed by atoms with Gasteiger partial charge >= 0.3 is 6.18 Å². The molecule has 0 aromatic carbocycles. The Balaban J connectivity index is 2.16. The Bertz CT molecular complexity index is 541. The van der Waals surface area contributed by atoms with Gasteiger partial charge in [0.2, 0.25) is 5.91 Å². The van der Waals surface area contributed by atoms with E-state index in [1.165, 1.54) is 11.8 Å². The zero-order chi connectivity index (χ0) is 16.5. The third kappa shape index (κ3) is 3.79. The number of aryl methyl sites for hydroxylation is 1. The lowest BCUT2D eigenvalue weighted by molar-refractivity contribution is -0.194. The van der Waals surface area contributed by atoms with Crippen LogP contribution in [-0.4, -0.2) is 45.4 Å². The van der Waals surface area contributed by atoms with Gasteiger partial charge in [0, 0.05) is 44.4 Å². The van der Waals surface area contributed by atoms with Crippen LogP contribution in [0.3, 0.4) is 0 Å². The normalized spacial score (nSPS) is 23.5. The maximum atomic E-state index is 13.2. The lowest BCUT2D eigenvalue weighted by atomic mass is 9.97. The first-order chi connectivity index (χ1) is 10.2. The third-order valence-electron chi connectivity index (χ3n) is 4.18. The fraction of sp³-hybridized carbons (Fsp3) is 0.714. The van der Waals surface area contributed by atoms with E-state index in [0.717, 1.165) is 11.3 Å². The molecule has 0 unspecified atom stereocenters. The van der Waals surface area contributed by atoms with Crippen LogP contribution in [0.25, 0.3) is 0 Å². The molecule has 5 nitrogen and oxygen atoms in total. The number of piperidine rings is 1. The summed E-state index contributed by atoms with van der Waals surface area (Å²) in [6.45, 7) is 3.59. The van der Waals surface area contributed by atoms with E-state index < -0.39 is 12.2 Å². The molecule has 8 heteroatoms. The summed E-state index contributed by atoms with van der Waals surface area (Å²) >= 11 is 0. The van der Waals surface area contributed by atoms with Crippen molar-refractivity contribution in [2.75, 3.05) is 6.54 Å². The fourth-order valence-electron chi connectivity index (χ4n) is 2.91. The number of hydrogen-bond acceptors (Lipinski definition) is 3. The third-order valence-corrected chi connectivity index (χ3v) is 4.18. The minimum absolute atomic E-state index is 0.00619. The molecule has 1 aliphatic heterocycles. The molecule has 2 rings (SSSR count). The maximum Gasteiger partial charge on any atom is 0.404 e. The summed E-state index contributed by atoms with van der Waals surface area (Å²) in [5.74, 6) is -0.215. The predicted octanol–water partition coefficient (Wildman–Crippen LogP) is 1.76. The SMILES string of the molecule is CC(=O)N[C@@H]1CC[C@@H](C(F)(F)F)N(Cc2cnn(C)c2C)C1. The molecule has 1 amide bonds. The summed E-state index contributed by atoms with van der Waals surface area (Å²) in [7, 11) is 1.76. The predicted molar refractivity (Wildman–Crippen MR) is 75.0 cm³/mol. The number of likely N-dealkylation sites (tertiary alicyclic amines) is 1. The summed E-state index contributed by atoms with van der Waals surface area (Å²) in [6.07, 6.45) is -2.33. The van der Waals surface area contributed by atoms with Crippen LogP contribution in [0.1, 0.15) is 31.0 Å². The van der Waals surface area contributed by atoms with E-state index in [1.807, 2.05) is 6.92 Å². The van der Waals surface area contributed by atoms with Gasteiger partial charge in [-0.05, 0) is 19.8 Å². The number of carbonyl (C=O) groups is 1. The topological polar surface area (TPSA) is 50.2 Å². The Morgan fingerprint density at radius 3 is 2.64 bits per heavy atom. The van der Waals surface area contributed by atoms with E-state index in [-0.39, 0.29) is 31.5 Å². The van der Waals surface area contributed by atoms with Crippen LogP contribution in [-0.2, 0) is 18.4 Å². The summed E-state index contributed by atoms with van der Waals surface area (Å²) in [5, 5.41) is 6.80. The smallest absolute Gasteiger partial charge is 0.352 e. The quantitative estimate of drug-likeness (QED) is 0.924. The number of nitrogens with zero attached hydrogens (tertiary/aromatic N) is 3. The van der Waals surface area contributed by atoms with Crippen molar-refractivity contribution in [2.24, 2.45) is 7.05 Å². The van der Waals surface area contributed by atoms with Crippen LogP contribution in [0.15, 0.2) is 6.20 Å². The van der Waals surface area contributed by atoms with Crippen molar-refractivity contribution in [3.63, 3.8) is 0 Å². The molecule has 1 aromatic rings. The highest BCUT2D eigenvalue weighted by Gasteiger charge is 2.46. The van der Waals surface area contributed by atoms with Gasteiger partial charge in [-0.25, -0.2) is 0 Å². The number of aromatic nitrogens is 2. The molecule has 22 heavy (non-hydrogen) atoms. The van der Waals surface area contributed by atoms with Gasteiger partial charge in [-0.1, -0.05) is 0 Å². The Kier molecular flexibility index (Phi) is 4.79. The maximum absolute atomic E-state index is 13.2. The Hall–Kier alpha value is -1.57. The lowest BCUT2D eigenvalue weighted by Gasteiger charge is -2.40. The highest BCUT2D eigenvalue weighted by molar-refractivity contribution is 5.73. The molecule has 124 valence electrons. The highest BCUT2D eigenvalue weighted by atomic mass is 19.4. The number of carbonyl (C=O) groups excluding carboxylic acids is 1. The average Bonchev–Trinajstić information content (AvgIpc) is 2.69. The number of nitrogens with one attached hydrogen (secondary N) is 1. The number of hydrogen-bond donors (Lipinski definition) is 1. The first kappa shape index (κ1) is 16.8. The molecule has 0 aliphatic carbocycles. The molecule has 0 radical (unpaired) electrons. The van der Waals surface area contributed by atoms with E-state index in [9.17, 15) is 18.0 Å². The Morgan fingerprint density at radius 2 is 2.14 bits per heavy atom. The van der Waals surface area contributed by atoms with Crippen LogP contribution in [0, 0.1) is 6.92 Å². The Morgan fingerprint density at radius 1 is 1.45 bits per heavy atom. The van der Waals surface area contributed by atoms with Gasteiger partial charge < -0.3 is 5.32 Å². The van der Waals surface area contributed by atoms with E-state index >= 15 is 0 Å². The van der Waals surface area contributed by atoms with Gasteiger partial charge in [-0.3, -0.25) is 14.4 Å². The molecule has 2 heterocycles. The van der Waals surface area contributed by atoms with Crippen LogP contribution in [0.2, 0.25) is 0 Å². The standard InChI is InChI=1S/C14H21F3N4O/c1-9-11(6-18-20(9)3)7-21-8-12(19-10(2)22)4-5-13(21)14(15,16)17/h6,12-13H,4-5,7-8H2,1-3H3,(H,19,22)/t12-,13+/m1/s1. The van der Waals surface area contributed by atoms with Crippen LogP contribution in [0.5, 0.6) is 0 Å². The fourth-order valence-corrected chi connectivity index (χ4v) is 2.91. The average molecular weight is 318 g/mol. The zero-order valence-corrected chi connectivity index (χ0v) is 12.9. The van der Waals surface area contributed by atoms with E-state index in [2.05, 4.69) is 10.4 Å². The van der Waals surface area contributed by atoms with Crippen LogP contribution in [0.4, 0.5) is 13.2 Å². The summed E-state index contributed by atoms with van der Waals surface area (Å²) < 4.78 is 41.4. The van der Waals surface area contributed by atoms with Crippen LogP contribution < -0.4 is 5.32 Å². The Labute approximate surface area is 127 Å². The monoisotopic (exact) mass is 318 g/mol. The number of amides is 1. The summed E-state index contributed by atoms with van der Waals surface area (Å²) in [5.41, 5.74) is 1.63. The second kappa shape index (κ2) is 6.28. The van der Waals surface area contributed by atoms with Crippen molar-refractivity contribution in [3.05, 3.63) is 17.5 Å². The molecular formula is C14H21F3N4O. The molecule has 0 spiro atoms. The second-order valence-corrected chi connectivity index (χ2v) is 5.84. The van der Waals surface area contributed by atoms with Crippen molar-refractivity contribution in [3.8, 4) is 0 Å². The molecule has 0 saturated carbocycles. The minimum Gasteiger partial charge on any atom is -0.352 e. The molecular weight excluding hydrogens is 297 g/mol. The summed E-state index contributed by atoms with van der Waals surface area (Å²) in [4.78, 5) is 12.5. The lowest BCUT2D eigenvalue weighted by Crippen LogP contribution is -2.55. The number of rotatable bonds is 3. The molecule has 1 N–H and O–H groups in total. The first-order valence-corrected chi connectivity index (χ1v) is 7.24. The van der Waals surface area contributed by atoms with Crippen molar-refractivity contribution in [1.29, 1.82) is 0 Å². The second-order valence-electron chi connectivity index (χ2n) is 5.84. The van der Waals surface area contributed by atoms with Gasteiger partial charge in [-0.2, -0.15) is 18.3 Å². The van der Waals surface area contributed by atoms with Crippen molar-refractivity contribution in [1.82, 2.24) is 20.0 Å². The first-order valence-electron chi connectivity index (χ1n) is 7.24. The summed E-state index contributed by atoms with van der Waals surface area (Å²) in [6, 6.07) is -1.72. The van der Waals surface area contributed by atoms with Gasteiger partial charge in [-0.15, -0.1) is 0 Å². The van der Waals surface area contributed by atoms with Gasteiger partial charge in [0.1, 0.15) is 6.04 Å². The van der Waals surface area contributed by atoms with E-state index in [0.29, 0.717) is 6.42 Å². The molecule has 2 atom stereocenters. The zero-order valence-electron chi connectivity index (χ0n) is 12.9. The van der Waals surface area contributed by atoms with Gasteiger partial charge in [0.05, 0.1) is 6.20 Å². The number of halogens is 3. The van der Waals surface area contributed by atoms with Crippen LogP contribution >= 0.6 is 0 Å². The molecule has 1 aliphatic rings. The number of alkyl halides is 3. The molecule has 1 saturated heterocycles. The molecule has 0 bridgehead atoms. The minimum atomic E-state index is -4.27. The van der Waals surface area contributed by atoms with E-state index in [4.69, 9.17) is 0 Å². The molecule has 1 fully saturated rings. The largest absolute Gasteiger partial charge is 0.404 e. The molecule has 1 aromatic heterocycles. The van der Waals surface area contributed by atoms with Gasteiger partial charge in [0.15, 0.2) is 0 Å². The van der Waals surface area contributed by atoms with Crippen molar-refractivity contribution in [2.45, 2.75) is 51.5 Å².